The molecule has 0 aromatic carbocycles. The topological polar surface area (TPSA) is 98.6 Å². The van der Waals surface area contributed by atoms with Crippen LogP contribution in [0.1, 0.15) is 65.5 Å². The van der Waals surface area contributed by atoms with Gasteiger partial charge in [-0.2, -0.15) is 0 Å². The maximum absolute atomic E-state index is 14.2. The Morgan fingerprint density at radius 3 is 2.45 bits per heavy atom. The van der Waals surface area contributed by atoms with Crippen molar-refractivity contribution >= 4 is 17.5 Å². The van der Waals surface area contributed by atoms with Gasteiger partial charge in [0.15, 0.2) is 11.9 Å². The summed E-state index contributed by atoms with van der Waals surface area (Å²) >= 11 is 0. The molecule has 7 heteroatoms. The summed E-state index contributed by atoms with van der Waals surface area (Å²) in [4.78, 5) is 41.1. The van der Waals surface area contributed by atoms with Gasteiger partial charge in [-0.1, -0.05) is 27.7 Å². The van der Waals surface area contributed by atoms with E-state index in [1.165, 1.54) is 0 Å². The molecule has 7 rings (SSSR count). The number of esters is 1. The fourth-order valence-corrected chi connectivity index (χ4v) is 9.37. The van der Waals surface area contributed by atoms with Crippen molar-refractivity contribution in [2.75, 3.05) is 0 Å². The Morgan fingerprint density at radius 2 is 1.76 bits per heavy atom. The summed E-state index contributed by atoms with van der Waals surface area (Å²) in [7, 11) is 0. The number of ketones is 2. The Bertz CT molecular complexity index is 1120. The van der Waals surface area contributed by atoms with Crippen LogP contribution in [0, 0.1) is 33.5 Å². The predicted octanol–water partition coefficient (Wildman–Crippen LogP) is 3.41. The minimum absolute atomic E-state index is 0.0926. The van der Waals surface area contributed by atoms with Gasteiger partial charge in [0.25, 0.3) is 0 Å². The molecule has 6 fully saturated rings. The molecule has 10 atom stereocenters. The van der Waals surface area contributed by atoms with Crippen molar-refractivity contribution in [1.82, 2.24) is 0 Å². The van der Waals surface area contributed by atoms with Crippen LogP contribution < -0.4 is 0 Å². The number of furan rings is 1. The Morgan fingerprint density at radius 1 is 1.00 bits per heavy atom. The van der Waals surface area contributed by atoms with Crippen molar-refractivity contribution in [3.05, 3.63) is 24.2 Å². The number of Topliss-reactive ketones (excluding diaryl/α,β-unsaturated/α-hetero) is 2. The number of rotatable bonds is 1. The molecule has 3 saturated carbocycles. The van der Waals surface area contributed by atoms with E-state index in [-0.39, 0.29) is 41.0 Å². The lowest BCUT2D eigenvalue weighted by Gasteiger charge is -2.66. The van der Waals surface area contributed by atoms with Gasteiger partial charge in [0.1, 0.15) is 23.6 Å². The van der Waals surface area contributed by atoms with E-state index < -0.39 is 40.0 Å². The molecule has 1 aromatic heterocycles. The van der Waals surface area contributed by atoms with E-state index in [0.717, 1.165) is 5.56 Å². The monoisotopic (exact) mass is 454 g/mol. The maximum Gasteiger partial charge on any atom is 0.339 e. The Hall–Kier alpha value is -1.99. The quantitative estimate of drug-likeness (QED) is 0.474. The van der Waals surface area contributed by atoms with Crippen LogP contribution >= 0.6 is 0 Å². The number of carbonyl (C=O) groups is 3. The summed E-state index contributed by atoms with van der Waals surface area (Å²) in [6.45, 7) is 10.4. The molecule has 0 N–H and O–H groups in total. The molecule has 3 aliphatic heterocycles. The largest absolute Gasteiger partial charge is 0.472 e. The van der Waals surface area contributed by atoms with Crippen LogP contribution in [0.4, 0.5) is 0 Å². The van der Waals surface area contributed by atoms with Crippen LogP contribution in [0.3, 0.4) is 0 Å². The number of hydrogen-bond acceptors (Lipinski definition) is 7. The molecule has 1 aromatic rings. The van der Waals surface area contributed by atoms with Gasteiger partial charge < -0.3 is 18.6 Å². The first-order valence-corrected chi connectivity index (χ1v) is 12.1. The predicted molar refractivity (Wildman–Crippen MR) is 113 cm³/mol. The molecular weight excluding hydrogens is 424 g/mol. The van der Waals surface area contributed by atoms with E-state index in [0.29, 0.717) is 19.3 Å². The van der Waals surface area contributed by atoms with Crippen LogP contribution in [-0.4, -0.2) is 41.4 Å². The number of hydrogen-bond donors (Lipinski definition) is 0. The molecule has 7 nitrogen and oxygen atoms in total. The highest BCUT2D eigenvalue weighted by Gasteiger charge is 2.89. The minimum atomic E-state index is -0.989. The van der Waals surface area contributed by atoms with Crippen molar-refractivity contribution in [3.8, 4) is 0 Å². The fourth-order valence-electron chi connectivity index (χ4n) is 9.37. The SMILES string of the molecule is CC1(C)[C@@H]2O[C@H]2C(=O)[C@]2(C)[C@H]3CC[C@]4(C)[C@@H](c5ccoc5)OC(=O)[C@H]5O[C@@]54[C@@]3(C)C(=O)C[C@@H]12. The van der Waals surface area contributed by atoms with Crippen LogP contribution in [0.5, 0.6) is 0 Å². The number of cyclic esters (lactones) is 1. The number of epoxide rings is 2. The molecule has 4 heterocycles. The normalized spacial score (nSPS) is 55.4. The van der Waals surface area contributed by atoms with Crippen LogP contribution in [0.2, 0.25) is 0 Å². The summed E-state index contributed by atoms with van der Waals surface area (Å²) in [5.41, 5.74) is -2.76. The zero-order chi connectivity index (χ0) is 23.3. The van der Waals surface area contributed by atoms with Gasteiger partial charge in [0.2, 0.25) is 0 Å². The molecule has 3 saturated heterocycles. The lowest BCUT2D eigenvalue weighted by molar-refractivity contribution is -0.217. The third kappa shape index (κ3) is 1.88. The van der Waals surface area contributed by atoms with Crippen molar-refractivity contribution < 1.29 is 33.0 Å². The van der Waals surface area contributed by atoms with Gasteiger partial charge in [-0.05, 0) is 43.1 Å². The zero-order valence-electron chi connectivity index (χ0n) is 19.7. The van der Waals surface area contributed by atoms with Crippen molar-refractivity contribution in [2.24, 2.45) is 33.5 Å². The first-order chi connectivity index (χ1) is 15.5. The van der Waals surface area contributed by atoms with E-state index >= 15 is 0 Å². The Kier molecular flexibility index (Phi) is 3.37. The summed E-state index contributed by atoms with van der Waals surface area (Å²) in [6.07, 6.45) is 3.02. The minimum Gasteiger partial charge on any atom is -0.472 e. The molecule has 0 amide bonds. The number of ether oxygens (including phenoxy) is 3. The molecule has 1 spiro atoms. The van der Waals surface area contributed by atoms with Gasteiger partial charge in [-0.25, -0.2) is 4.79 Å². The lowest BCUT2D eigenvalue weighted by atomic mass is 9.35. The third-order valence-corrected chi connectivity index (χ3v) is 11.1. The molecule has 0 unspecified atom stereocenters. The molecule has 33 heavy (non-hydrogen) atoms. The van der Waals surface area contributed by atoms with Crippen LogP contribution in [-0.2, 0) is 28.6 Å². The number of carbonyl (C=O) groups excluding carboxylic acids is 3. The fraction of sp³-hybridized carbons (Fsp3) is 0.731. The molecule has 6 aliphatic rings. The van der Waals surface area contributed by atoms with E-state index in [1.54, 1.807) is 12.5 Å². The van der Waals surface area contributed by atoms with Crippen molar-refractivity contribution in [3.63, 3.8) is 0 Å². The highest BCUT2D eigenvalue weighted by Crippen LogP contribution is 2.79. The van der Waals surface area contributed by atoms with E-state index in [2.05, 4.69) is 27.7 Å². The zero-order valence-corrected chi connectivity index (χ0v) is 19.7. The van der Waals surface area contributed by atoms with Gasteiger partial charge in [0, 0.05) is 22.8 Å². The first-order valence-electron chi connectivity index (χ1n) is 12.1. The average molecular weight is 455 g/mol. The third-order valence-electron chi connectivity index (χ3n) is 11.1. The molecule has 0 radical (unpaired) electrons. The molecule has 3 aliphatic carbocycles. The van der Waals surface area contributed by atoms with Gasteiger partial charge in [-0.3, -0.25) is 9.59 Å². The second-order valence-corrected chi connectivity index (χ2v) is 12.4. The second kappa shape index (κ2) is 5.46. The average Bonchev–Trinajstić information content (AvgIpc) is 3.66. The highest BCUT2D eigenvalue weighted by atomic mass is 16.7. The maximum atomic E-state index is 14.2. The molecule has 176 valence electrons. The smallest absolute Gasteiger partial charge is 0.339 e. The Balaban J connectivity index is 1.41. The van der Waals surface area contributed by atoms with E-state index in [1.807, 2.05) is 13.0 Å². The number of fused-ring (bicyclic) bond motifs is 4. The molecule has 0 bridgehead atoms. The molecular formula is C26H30O7. The van der Waals surface area contributed by atoms with Crippen LogP contribution in [0.15, 0.2) is 23.0 Å². The summed E-state index contributed by atoms with van der Waals surface area (Å²) in [5, 5.41) is 0. The first kappa shape index (κ1) is 20.4. The standard InChI is InChI=1S/C26H30O7/c1-22(2)14-10-15(27)25(5)13(24(14,4)17(28)16-19(22)31-16)6-8-23(3)18(12-7-9-30-11-12)32-21(29)20-26(23,25)33-20/h7,9,11,13-14,16,18-20H,6,8,10H2,1-5H3/t13-,14+,16+,18-,19-,20-,23-,24-,25-,26+/m1/s1. The van der Waals surface area contributed by atoms with E-state index in [9.17, 15) is 14.4 Å². The van der Waals surface area contributed by atoms with Crippen molar-refractivity contribution in [1.29, 1.82) is 0 Å². The summed E-state index contributed by atoms with van der Waals surface area (Å²) in [5.74, 6) is -0.514. The summed E-state index contributed by atoms with van der Waals surface area (Å²) in [6, 6.07) is 1.81. The van der Waals surface area contributed by atoms with Crippen molar-refractivity contribution in [2.45, 2.75) is 83.9 Å². The lowest BCUT2D eigenvalue weighted by Crippen LogP contribution is -2.73. The highest BCUT2D eigenvalue weighted by molar-refractivity contribution is 5.99. The van der Waals surface area contributed by atoms with Gasteiger partial charge in [0.05, 0.1) is 24.0 Å². The van der Waals surface area contributed by atoms with E-state index in [4.69, 9.17) is 18.6 Å². The van der Waals surface area contributed by atoms with Gasteiger partial charge in [-0.15, -0.1) is 0 Å². The second-order valence-electron chi connectivity index (χ2n) is 12.4. The van der Waals surface area contributed by atoms with Gasteiger partial charge >= 0.3 is 5.97 Å². The van der Waals surface area contributed by atoms with Crippen LogP contribution in [0.25, 0.3) is 0 Å². The Labute approximate surface area is 192 Å². The summed E-state index contributed by atoms with van der Waals surface area (Å²) < 4.78 is 23.4.